The van der Waals surface area contributed by atoms with Crippen molar-refractivity contribution >= 4 is 11.5 Å². The standard InChI is InChI=1S/C13H17N3O/c1-15(2)9-10-5-7-16(3)12-4-6-14-8-11(12)13(10)17/h4,6,8-9H,5,7H2,1-3H3/b10-9-. The maximum absolute atomic E-state index is 12.4. The summed E-state index contributed by atoms with van der Waals surface area (Å²) in [5, 5.41) is 0. The molecule has 0 radical (unpaired) electrons. The first-order chi connectivity index (χ1) is 8.09. The van der Waals surface area contributed by atoms with Gasteiger partial charge in [0.15, 0.2) is 5.78 Å². The molecular formula is C13H17N3O. The molecule has 0 saturated carbocycles. The molecule has 4 nitrogen and oxygen atoms in total. The summed E-state index contributed by atoms with van der Waals surface area (Å²) in [5.41, 5.74) is 2.50. The van der Waals surface area contributed by atoms with E-state index in [0.29, 0.717) is 5.56 Å². The fraction of sp³-hybridized carbons (Fsp3) is 0.385. The van der Waals surface area contributed by atoms with Crippen LogP contribution in [0.1, 0.15) is 16.8 Å². The van der Waals surface area contributed by atoms with Gasteiger partial charge >= 0.3 is 0 Å². The van der Waals surface area contributed by atoms with Crippen LogP contribution in [0, 0.1) is 0 Å². The van der Waals surface area contributed by atoms with Crippen molar-refractivity contribution in [3.05, 3.63) is 35.8 Å². The molecule has 2 heterocycles. The van der Waals surface area contributed by atoms with Gasteiger partial charge in [-0.2, -0.15) is 0 Å². The Morgan fingerprint density at radius 1 is 1.47 bits per heavy atom. The maximum atomic E-state index is 12.4. The van der Waals surface area contributed by atoms with E-state index in [9.17, 15) is 4.79 Å². The SMILES string of the molecule is CN(C)/C=C1/CCN(C)c2ccncc2C1=O. The van der Waals surface area contributed by atoms with Crippen LogP contribution >= 0.6 is 0 Å². The highest BCUT2D eigenvalue weighted by molar-refractivity contribution is 6.12. The smallest absolute Gasteiger partial charge is 0.194 e. The molecule has 0 N–H and O–H groups in total. The highest BCUT2D eigenvalue weighted by atomic mass is 16.1. The molecule has 1 aromatic heterocycles. The summed E-state index contributed by atoms with van der Waals surface area (Å²) in [6.07, 6.45) is 6.05. The number of hydrogen-bond acceptors (Lipinski definition) is 4. The summed E-state index contributed by atoms with van der Waals surface area (Å²) in [5.74, 6) is 0.0890. The van der Waals surface area contributed by atoms with Gasteiger partial charge in [-0.25, -0.2) is 0 Å². The summed E-state index contributed by atoms with van der Waals surface area (Å²) >= 11 is 0. The first kappa shape index (κ1) is 11.6. The molecule has 90 valence electrons. The Morgan fingerprint density at radius 3 is 2.94 bits per heavy atom. The van der Waals surface area contributed by atoms with Gasteiger partial charge in [0, 0.05) is 51.9 Å². The third kappa shape index (κ3) is 2.30. The van der Waals surface area contributed by atoms with Crippen molar-refractivity contribution < 1.29 is 4.79 Å². The summed E-state index contributed by atoms with van der Waals surface area (Å²) in [6.45, 7) is 0.850. The van der Waals surface area contributed by atoms with E-state index >= 15 is 0 Å². The van der Waals surface area contributed by atoms with Crippen LogP contribution in [0.5, 0.6) is 0 Å². The van der Waals surface area contributed by atoms with Crippen LogP contribution < -0.4 is 4.90 Å². The van der Waals surface area contributed by atoms with Crippen LogP contribution in [0.4, 0.5) is 5.69 Å². The number of fused-ring (bicyclic) bond motifs is 1. The molecular weight excluding hydrogens is 214 g/mol. The fourth-order valence-electron chi connectivity index (χ4n) is 2.02. The highest BCUT2D eigenvalue weighted by Gasteiger charge is 2.22. The zero-order valence-electron chi connectivity index (χ0n) is 10.5. The number of carbonyl (C=O) groups is 1. The quantitative estimate of drug-likeness (QED) is 0.687. The molecule has 0 aromatic carbocycles. The lowest BCUT2D eigenvalue weighted by Gasteiger charge is -2.17. The van der Waals surface area contributed by atoms with Gasteiger partial charge in [0.25, 0.3) is 0 Å². The number of anilines is 1. The molecule has 0 amide bonds. The second kappa shape index (κ2) is 4.57. The van der Waals surface area contributed by atoms with Crippen molar-refractivity contribution in [2.24, 2.45) is 0 Å². The Labute approximate surface area is 102 Å². The molecule has 1 aromatic rings. The van der Waals surface area contributed by atoms with E-state index in [4.69, 9.17) is 0 Å². The zero-order valence-corrected chi connectivity index (χ0v) is 10.5. The number of carbonyl (C=O) groups excluding carboxylic acids is 1. The van der Waals surface area contributed by atoms with Gasteiger partial charge in [0.1, 0.15) is 0 Å². The van der Waals surface area contributed by atoms with Crippen molar-refractivity contribution in [2.75, 3.05) is 32.6 Å². The third-order valence-electron chi connectivity index (χ3n) is 2.88. The second-order valence-electron chi connectivity index (χ2n) is 4.51. The van der Waals surface area contributed by atoms with E-state index in [1.165, 1.54) is 0 Å². The van der Waals surface area contributed by atoms with E-state index < -0.39 is 0 Å². The lowest BCUT2D eigenvalue weighted by molar-refractivity contribution is 0.103. The molecule has 0 spiro atoms. The summed E-state index contributed by atoms with van der Waals surface area (Å²) in [7, 11) is 5.86. The number of aromatic nitrogens is 1. The molecule has 0 fully saturated rings. The second-order valence-corrected chi connectivity index (χ2v) is 4.51. The summed E-state index contributed by atoms with van der Waals surface area (Å²) in [4.78, 5) is 20.4. The molecule has 1 aliphatic heterocycles. The Hall–Kier alpha value is -1.84. The van der Waals surface area contributed by atoms with E-state index in [1.807, 2.05) is 38.3 Å². The van der Waals surface area contributed by atoms with Crippen LogP contribution in [0.25, 0.3) is 0 Å². The normalized spacial score (nSPS) is 17.9. The summed E-state index contributed by atoms with van der Waals surface area (Å²) in [6, 6.07) is 1.89. The first-order valence-corrected chi connectivity index (χ1v) is 5.66. The van der Waals surface area contributed by atoms with Crippen LogP contribution in [0.2, 0.25) is 0 Å². The van der Waals surface area contributed by atoms with Crippen LogP contribution in [0.3, 0.4) is 0 Å². The average molecular weight is 231 g/mol. The number of hydrogen-bond donors (Lipinski definition) is 0. The Bertz CT molecular complexity index is 465. The van der Waals surface area contributed by atoms with Gasteiger partial charge in [-0.3, -0.25) is 9.78 Å². The fourth-order valence-corrected chi connectivity index (χ4v) is 2.02. The average Bonchev–Trinajstić information content (AvgIpc) is 2.42. The maximum Gasteiger partial charge on any atom is 0.194 e. The van der Waals surface area contributed by atoms with Gasteiger partial charge in [-0.1, -0.05) is 0 Å². The van der Waals surface area contributed by atoms with Gasteiger partial charge in [0.05, 0.1) is 11.3 Å². The van der Waals surface area contributed by atoms with E-state index in [0.717, 1.165) is 24.2 Å². The number of Topliss-reactive ketones (excluding diaryl/α,β-unsaturated/α-hetero) is 1. The van der Waals surface area contributed by atoms with Gasteiger partial charge in [-0.05, 0) is 12.5 Å². The predicted molar refractivity (Wildman–Crippen MR) is 68.2 cm³/mol. The van der Waals surface area contributed by atoms with E-state index in [-0.39, 0.29) is 5.78 Å². The molecule has 4 heteroatoms. The van der Waals surface area contributed by atoms with Crippen LogP contribution in [-0.2, 0) is 0 Å². The topological polar surface area (TPSA) is 36.4 Å². The van der Waals surface area contributed by atoms with Crippen molar-refractivity contribution in [1.29, 1.82) is 0 Å². The minimum atomic E-state index is 0.0890. The van der Waals surface area contributed by atoms with E-state index in [1.54, 1.807) is 12.4 Å². The van der Waals surface area contributed by atoms with Crippen molar-refractivity contribution in [2.45, 2.75) is 6.42 Å². The Balaban J connectivity index is 2.47. The van der Waals surface area contributed by atoms with Crippen LogP contribution in [0.15, 0.2) is 30.2 Å². The van der Waals surface area contributed by atoms with E-state index in [2.05, 4.69) is 9.88 Å². The first-order valence-electron chi connectivity index (χ1n) is 5.66. The minimum Gasteiger partial charge on any atom is -0.383 e. The number of ketones is 1. The molecule has 0 unspecified atom stereocenters. The Kier molecular flexibility index (Phi) is 3.13. The number of nitrogens with zero attached hydrogens (tertiary/aromatic N) is 3. The van der Waals surface area contributed by atoms with Gasteiger partial charge in [-0.15, -0.1) is 0 Å². The lowest BCUT2D eigenvalue weighted by atomic mass is 10.0. The van der Waals surface area contributed by atoms with Crippen molar-refractivity contribution in [1.82, 2.24) is 9.88 Å². The van der Waals surface area contributed by atoms with Crippen LogP contribution in [-0.4, -0.2) is 43.4 Å². The molecule has 2 rings (SSSR count). The van der Waals surface area contributed by atoms with Crippen molar-refractivity contribution in [3.63, 3.8) is 0 Å². The zero-order chi connectivity index (χ0) is 12.4. The van der Waals surface area contributed by atoms with Gasteiger partial charge in [0.2, 0.25) is 0 Å². The molecule has 0 atom stereocenters. The molecule has 1 aliphatic rings. The monoisotopic (exact) mass is 231 g/mol. The molecule has 0 saturated heterocycles. The molecule has 0 bridgehead atoms. The molecule has 17 heavy (non-hydrogen) atoms. The Morgan fingerprint density at radius 2 is 2.24 bits per heavy atom. The summed E-state index contributed by atoms with van der Waals surface area (Å²) < 4.78 is 0. The lowest BCUT2D eigenvalue weighted by Crippen LogP contribution is -2.17. The van der Waals surface area contributed by atoms with Gasteiger partial charge < -0.3 is 9.80 Å². The number of rotatable bonds is 1. The predicted octanol–water partition coefficient (Wildman–Crippen LogP) is 1.55. The minimum absolute atomic E-state index is 0.0890. The largest absolute Gasteiger partial charge is 0.383 e. The highest BCUT2D eigenvalue weighted by Crippen LogP contribution is 2.26. The number of pyridine rings is 1. The molecule has 0 aliphatic carbocycles. The third-order valence-corrected chi connectivity index (χ3v) is 2.88. The van der Waals surface area contributed by atoms with Crippen molar-refractivity contribution in [3.8, 4) is 0 Å².